The molecular weight excluding hydrogens is 494 g/mol. The summed E-state index contributed by atoms with van der Waals surface area (Å²) in [5.41, 5.74) is 2.45. The third-order valence-electron chi connectivity index (χ3n) is 5.31. The van der Waals surface area contributed by atoms with Crippen molar-refractivity contribution in [2.75, 3.05) is 17.5 Å². The number of rotatable bonds is 12. The van der Waals surface area contributed by atoms with E-state index in [1.165, 1.54) is 12.1 Å². The summed E-state index contributed by atoms with van der Waals surface area (Å²) in [4.78, 5) is 12.4. The molecule has 12 heteroatoms. The van der Waals surface area contributed by atoms with E-state index in [-0.39, 0.29) is 24.5 Å². The number of benzene rings is 2. The fourth-order valence-corrected chi connectivity index (χ4v) is 4.06. The molecule has 1 amide bonds. The van der Waals surface area contributed by atoms with Crippen molar-refractivity contribution in [3.05, 3.63) is 82.6 Å². The molecule has 3 aromatic rings. The average Bonchev–Trinajstić information content (AvgIpc) is 3.26. The van der Waals surface area contributed by atoms with Gasteiger partial charge in [0.05, 0.1) is 12.4 Å². The topological polar surface area (TPSA) is 134 Å². The zero-order chi connectivity index (χ0) is 26.3. The Balaban J connectivity index is 1.68. The van der Waals surface area contributed by atoms with E-state index in [4.69, 9.17) is 4.52 Å². The third kappa shape index (κ3) is 8.40. The number of nitrogens with one attached hydrogen (secondary N) is 3. The quantitative estimate of drug-likeness (QED) is 0.287. The molecule has 3 rings (SSSR count). The molecule has 194 valence electrons. The Morgan fingerprint density at radius 3 is 2.44 bits per heavy atom. The lowest BCUT2D eigenvalue weighted by atomic mass is 10.00. The number of carbonyl (C=O) groups excluding carboxylic acids is 1. The van der Waals surface area contributed by atoms with Crippen LogP contribution in [0, 0.1) is 11.6 Å². The zero-order valence-corrected chi connectivity index (χ0v) is 20.6. The molecule has 0 radical (unpaired) electrons. The molecule has 0 bridgehead atoms. The minimum Gasteiger partial charge on any atom is -0.390 e. The molecule has 0 saturated carbocycles. The van der Waals surface area contributed by atoms with Crippen LogP contribution >= 0.6 is 0 Å². The maximum Gasteiger partial charge on any atom is 0.290 e. The van der Waals surface area contributed by atoms with Crippen molar-refractivity contribution < 1.29 is 31.6 Å². The number of halogens is 2. The number of hydrogen-bond donors (Lipinski definition) is 4. The molecule has 1 unspecified atom stereocenters. The van der Waals surface area contributed by atoms with Crippen LogP contribution in [-0.4, -0.2) is 49.5 Å². The Kier molecular flexibility index (Phi) is 9.13. The second-order valence-electron chi connectivity index (χ2n) is 8.37. The van der Waals surface area contributed by atoms with Gasteiger partial charge in [-0.25, -0.2) is 17.2 Å². The highest BCUT2D eigenvalue weighted by Gasteiger charge is 2.22. The van der Waals surface area contributed by atoms with Gasteiger partial charge >= 0.3 is 0 Å². The average molecular weight is 523 g/mol. The van der Waals surface area contributed by atoms with Crippen molar-refractivity contribution in [2.45, 2.75) is 38.5 Å². The van der Waals surface area contributed by atoms with Gasteiger partial charge in [-0.1, -0.05) is 36.3 Å². The highest BCUT2D eigenvalue weighted by atomic mass is 32.2. The smallest absolute Gasteiger partial charge is 0.290 e. The van der Waals surface area contributed by atoms with Gasteiger partial charge in [0.2, 0.25) is 15.8 Å². The number of hydrogen-bond acceptors (Lipinski definition) is 7. The normalized spacial score (nSPS) is 13.2. The first-order chi connectivity index (χ1) is 17.0. The summed E-state index contributed by atoms with van der Waals surface area (Å²) in [5, 5.41) is 20.0. The van der Waals surface area contributed by atoms with Crippen LogP contribution in [0.25, 0.3) is 0 Å². The molecule has 1 aromatic heterocycles. The number of sulfonamides is 1. The lowest BCUT2D eigenvalue weighted by Crippen LogP contribution is -2.47. The van der Waals surface area contributed by atoms with E-state index >= 15 is 0 Å². The van der Waals surface area contributed by atoms with E-state index in [1.54, 1.807) is 0 Å². The van der Waals surface area contributed by atoms with Gasteiger partial charge in [-0.3, -0.25) is 9.52 Å². The monoisotopic (exact) mass is 522 g/mol. The van der Waals surface area contributed by atoms with Gasteiger partial charge in [-0.05, 0) is 41.7 Å². The molecule has 0 aliphatic rings. The van der Waals surface area contributed by atoms with Crippen molar-refractivity contribution in [1.82, 2.24) is 15.8 Å². The van der Waals surface area contributed by atoms with E-state index in [0.29, 0.717) is 12.1 Å². The Labute approximate surface area is 207 Å². The second kappa shape index (κ2) is 12.1. The molecule has 0 aliphatic heterocycles. The summed E-state index contributed by atoms with van der Waals surface area (Å²) in [7, 11) is -3.60. The van der Waals surface area contributed by atoms with Crippen LogP contribution in [0.5, 0.6) is 0 Å². The molecule has 0 fully saturated rings. The number of aromatic nitrogens is 1. The molecular formula is C24H28F2N4O5S. The fourth-order valence-electron chi connectivity index (χ4n) is 3.58. The van der Waals surface area contributed by atoms with Crippen molar-refractivity contribution >= 4 is 21.7 Å². The van der Waals surface area contributed by atoms with E-state index in [9.17, 15) is 27.1 Å². The SMILES string of the molecule is CCc1cccc(CNC(Cc2cc(F)cc(F)c2)[C@H](O)CNC(=O)c2cc(NS(C)(=O)=O)no2)c1. The van der Waals surface area contributed by atoms with E-state index in [0.717, 1.165) is 35.9 Å². The molecule has 2 atom stereocenters. The van der Waals surface area contributed by atoms with Gasteiger partial charge in [-0.2, -0.15) is 0 Å². The Hall–Kier alpha value is -3.35. The lowest BCUT2D eigenvalue weighted by Gasteiger charge is -2.25. The maximum absolute atomic E-state index is 13.7. The minimum atomic E-state index is -3.60. The zero-order valence-electron chi connectivity index (χ0n) is 19.8. The molecule has 2 aromatic carbocycles. The lowest BCUT2D eigenvalue weighted by molar-refractivity contribution is 0.0842. The Morgan fingerprint density at radius 1 is 1.08 bits per heavy atom. The molecule has 0 saturated heterocycles. The number of amides is 1. The highest BCUT2D eigenvalue weighted by molar-refractivity contribution is 7.92. The van der Waals surface area contributed by atoms with Crippen molar-refractivity contribution in [1.29, 1.82) is 0 Å². The maximum atomic E-state index is 13.7. The Bertz CT molecular complexity index is 1280. The van der Waals surface area contributed by atoms with Crippen molar-refractivity contribution in [3.63, 3.8) is 0 Å². The standard InChI is InChI=1S/C24H28F2N4O5S/c1-3-15-5-4-6-16(7-15)13-27-20(10-17-8-18(25)11-19(26)9-17)21(31)14-28-24(32)22-12-23(29-35-22)30-36(2,33)34/h4-9,11-12,20-21,27,31H,3,10,13-14H2,1-2H3,(H,28,32)(H,29,30)/t20?,21-/m1/s1. The van der Waals surface area contributed by atoms with Gasteiger partial charge in [0, 0.05) is 31.3 Å². The minimum absolute atomic E-state index is 0.0872. The highest BCUT2D eigenvalue weighted by Crippen LogP contribution is 2.14. The van der Waals surface area contributed by atoms with Crippen LogP contribution in [0.1, 0.15) is 34.2 Å². The van der Waals surface area contributed by atoms with Crippen LogP contribution < -0.4 is 15.4 Å². The molecule has 0 spiro atoms. The predicted octanol–water partition coefficient (Wildman–Crippen LogP) is 2.38. The van der Waals surface area contributed by atoms with Gasteiger partial charge < -0.3 is 20.3 Å². The fraction of sp³-hybridized carbons (Fsp3) is 0.333. The van der Waals surface area contributed by atoms with Gasteiger partial charge in [-0.15, -0.1) is 0 Å². The number of aliphatic hydroxyl groups is 1. The number of aryl methyl sites for hydroxylation is 1. The first-order valence-electron chi connectivity index (χ1n) is 11.2. The van der Waals surface area contributed by atoms with Crippen molar-refractivity contribution in [2.24, 2.45) is 0 Å². The predicted molar refractivity (Wildman–Crippen MR) is 130 cm³/mol. The summed E-state index contributed by atoms with van der Waals surface area (Å²) in [6.45, 7) is 2.19. The Morgan fingerprint density at radius 2 is 1.78 bits per heavy atom. The molecule has 36 heavy (non-hydrogen) atoms. The van der Waals surface area contributed by atoms with Crippen LogP contribution in [-0.2, 0) is 29.4 Å². The summed E-state index contributed by atoms with van der Waals surface area (Å²) in [6, 6.07) is 11.4. The number of carbonyl (C=O) groups is 1. The van der Waals surface area contributed by atoms with Crippen molar-refractivity contribution in [3.8, 4) is 0 Å². The van der Waals surface area contributed by atoms with Gasteiger partial charge in [0.1, 0.15) is 11.6 Å². The summed E-state index contributed by atoms with van der Waals surface area (Å²) >= 11 is 0. The summed E-state index contributed by atoms with van der Waals surface area (Å²) in [6.07, 6.45) is 0.723. The first-order valence-corrected chi connectivity index (χ1v) is 13.1. The number of nitrogens with zero attached hydrogens (tertiary/aromatic N) is 1. The van der Waals surface area contributed by atoms with E-state index in [2.05, 4.69) is 20.5 Å². The van der Waals surface area contributed by atoms with Gasteiger partial charge in [0.25, 0.3) is 5.91 Å². The number of anilines is 1. The van der Waals surface area contributed by atoms with Crippen LogP contribution in [0.4, 0.5) is 14.6 Å². The third-order valence-corrected chi connectivity index (χ3v) is 5.89. The molecule has 9 nitrogen and oxygen atoms in total. The summed E-state index contributed by atoms with van der Waals surface area (Å²) in [5.74, 6) is -2.61. The molecule has 0 aliphatic carbocycles. The molecule has 1 heterocycles. The first kappa shape index (κ1) is 27.2. The number of aliphatic hydroxyl groups excluding tert-OH is 1. The van der Waals surface area contributed by atoms with E-state index in [1.807, 2.05) is 31.2 Å². The van der Waals surface area contributed by atoms with E-state index < -0.39 is 39.7 Å². The van der Waals surface area contributed by atoms with Crippen LogP contribution in [0.3, 0.4) is 0 Å². The second-order valence-corrected chi connectivity index (χ2v) is 10.1. The van der Waals surface area contributed by atoms with Crippen LogP contribution in [0.2, 0.25) is 0 Å². The largest absolute Gasteiger partial charge is 0.390 e. The molecule has 4 N–H and O–H groups in total. The van der Waals surface area contributed by atoms with Gasteiger partial charge in [0.15, 0.2) is 5.82 Å². The summed E-state index contributed by atoms with van der Waals surface area (Å²) < 4.78 is 56.9. The van der Waals surface area contributed by atoms with Crippen LogP contribution in [0.15, 0.2) is 53.1 Å².